The molecule has 0 fully saturated rings. The number of benzene rings is 1. The molecule has 0 N–H and O–H groups in total. The first-order valence-electron chi connectivity index (χ1n) is 6.12. The lowest BCUT2D eigenvalue weighted by Gasteiger charge is -2.03. The van der Waals surface area contributed by atoms with E-state index in [4.69, 9.17) is 0 Å². The van der Waals surface area contributed by atoms with Crippen LogP contribution in [0.2, 0.25) is 0 Å². The molecule has 0 radical (unpaired) electrons. The van der Waals surface area contributed by atoms with Gasteiger partial charge in [-0.25, -0.2) is 9.37 Å². The van der Waals surface area contributed by atoms with E-state index in [-0.39, 0.29) is 23.5 Å². The van der Waals surface area contributed by atoms with Crippen LogP contribution in [0, 0.1) is 5.82 Å². The van der Waals surface area contributed by atoms with Crippen LogP contribution < -0.4 is 5.56 Å². The van der Waals surface area contributed by atoms with Crippen LogP contribution in [0.1, 0.15) is 6.92 Å². The summed E-state index contributed by atoms with van der Waals surface area (Å²) < 4.78 is 15.7. The standard InChI is InChI=1S/C13H10FN5O2/c1-8(20)6-18-7-15-12-11(13(18)21)16-17-19(12)10-4-2-3-9(14)5-10/h2-5,7H,6H2,1H3. The monoisotopic (exact) mass is 287 g/mol. The molecule has 3 aromatic rings. The van der Waals surface area contributed by atoms with Crippen molar-refractivity contribution in [2.45, 2.75) is 13.5 Å². The molecule has 0 saturated heterocycles. The molecule has 7 nitrogen and oxygen atoms in total. The van der Waals surface area contributed by atoms with Crippen molar-refractivity contribution in [1.82, 2.24) is 24.5 Å². The summed E-state index contributed by atoms with van der Waals surface area (Å²) in [6.07, 6.45) is 1.26. The summed E-state index contributed by atoms with van der Waals surface area (Å²) in [5, 5.41) is 7.60. The van der Waals surface area contributed by atoms with Crippen molar-refractivity contribution >= 4 is 16.9 Å². The highest BCUT2D eigenvalue weighted by Gasteiger charge is 2.14. The Kier molecular flexibility index (Phi) is 3.05. The van der Waals surface area contributed by atoms with Gasteiger partial charge in [0.05, 0.1) is 12.2 Å². The highest BCUT2D eigenvalue weighted by atomic mass is 19.1. The van der Waals surface area contributed by atoms with Gasteiger partial charge < -0.3 is 0 Å². The van der Waals surface area contributed by atoms with E-state index in [1.165, 1.54) is 36.1 Å². The first kappa shape index (κ1) is 13.1. The summed E-state index contributed by atoms with van der Waals surface area (Å²) in [6, 6.07) is 5.71. The van der Waals surface area contributed by atoms with Gasteiger partial charge in [0.1, 0.15) is 17.9 Å². The molecule has 0 aliphatic carbocycles. The average Bonchev–Trinajstić information content (AvgIpc) is 2.86. The zero-order valence-corrected chi connectivity index (χ0v) is 11.0. The van der Waals surface area contributed by atoms with Gasteiger partial charge in [-0.2, -0.15) is 4.68 Å². The van der Waals surface area contributed by atoms with E-state index in [0.717, 1.165) is 4.57 Å². The topological polar surface area (TPSA) is 82.7 Å². The van der Waals surface area contributed by atoms with Crippen molar-refractivity contribution in [1.29, 1.82) is 0 Å². The number of Topliss-reactive ketones (excluding diaryl/α,β-unsaturated/α-hetero) is 1. The largest absolute Gasteiger partial charge is 0.298 e. The van der Waals surface area contributed by atoms with Gasteiger partial charge in [-0.05, 0) is 25.1 Å². The van der Waals surface area contributed by atoms with Crippen LogP contribution in [0.25, 0.3) is 16.9 Å². The quantitative estimate of drug-likeness (QED) is 0.708. The van der Waals surface area contributed by atoms with E-state index in [1.807, 2.05) is 0 Å². The van der Waals surface area contributed by atoms with Gasteiger partial charge in [0.2, 0.25) is 0 Å². The van der Waals surface area contributed by atoms with Gasteiger partial charge in [0, 0.05) is 0 Å². The van der Waals surface area contributed by atoms with Gasteiger partial charge in [0.15, 0.2) is 11.2 Å². The lowest BCUT2D eigenvalue weighted by Crippen LogP contribution is -2.23. The fourth-order valence-electron chi connectivity index (χ4n) is 1.98. The Morgan fingerprint density at radius 2 is 2.19 bits per heavy atom. The summed E-state index contributed by atoms with van der Waals surface area (Å²) in [4.78, 5) is 27.3. The first-order valence-corrected chi connectivity index (χ1v) is 6.12. The van der Waals surface area contributed by atoms with E-state index < -0.39 is 11.4 Å². The molecule has 2 aromatic heterocycles. The smallest absolute Gasteiger partial charge is 0.283 e. The Hall–Kier alpha value is -2.90. The minimum atomic E-state index is -0.460. The molecule has 0 aliphatic rings. The number of carbonyl (C=O) groups excluding carboxylic acids is 1. The van der Waals surface area contributed by atoms with Gasteiger partial charge in [-0.3, -0.25) is 14.2 Å². The predicted octanol–water partition coefficient (Wildman–Crippen LogP) is 0.705. The molecule has 0 atom stereocenters. The Morgan fingerprint density at radius 1 is 1.38 bits per heavy atom. The molecule has 0 spiro atoms. The summed E-state index contributed by atoms with van der Waals surface area (Å²) in [7, 11) is 0. The number of carbonyl (C=O) groups is 1. The molecule has 8 heteroatoms. The Morgan fingerprint density at radius 3 is 2.90 bits per heavy atom. The fraction of sp³-hybridized carbons (Fsp3) is 0.154. The molecule has 0 amide bonds. The summed E-state index contributed by atoms with van der Waals surface area (Å²) in [6.45, 7) is 1.30. The Bertz CT molecular complexity index is 899. The van der Waals surface area contributed by atoms with Crippen LogP contribution in [0.5, 0.6) is 0 Å². The third-order valence-electron chi connectivity index (χ3n) is 2.88. The fourth-order valence-corrected chi connectivity index (χ4v) is 1.98. The third kappa shape index (κ3) is 2.31. The molecule has 2 heterocycles. The highest BCUT2D eigenvalue weighted by molar-refractivity contribution is 5.76. The highest BCUT2D eigenvalue weighted by Crippen LogP contribution is 2.12. The van der Waals surface area contributed by atoms with E-state index in [0.29, 0.717) is 5.69 Å². The molecule has 106 valence electrons. The second-order valence-electron chi connectivity index (χ2n) is 4.53. The van der Waals surface area contributed by atoms with Crippen LogP contribution in [0.4, 0.5) is 4.39 Å². The molecule has 0 aliphatic heterocycles. The Balaban J connectivity index is 2.18. The van der Waals surface area contributed by atoms with Crippen molar-refractivity contribution in [3.05, 3.63) is 46.8 Å². The number of nitrogens with zero attached hydrogens (tertiary/aromatic N) is 5. The SMILES string of the molecule is CC(=O)Cn1cnc2c(nnn2-c2cccc(F)c2)c1=O. The van der Waals surface area contributed by atoms with Gasteiger partial charge in [-0.15, -0.1) is 5.10 Å². The molecule has 0 unspecified atom stereocenters. The van der Waals surface area contributed by atoms with E-state index in [9.17, 15) is 14.0 Å². The maximum absolute atomic E-state index is 13.3. The number of hydrogen-bond acceptors (Lipinski definition) is 5. The molecule has 0 bridgehead atoms. The lowest BCUT2D eigenvalue weighted by molar-refractivity contribution is -0.117. The molecule has 3 rings (SSSR count). The number of halogens is 1. The molecular weight excluding hydrogens is 277 g/mol. The average molecular weight is 287 g/mol. The molecule has 0 saturated carbocycles. The minimum absolute atomic E-state index is 0.0306. The molecule has 1 aromatic carbocycles. The van der Waals surface area contributed by atoms with Crippen LogP contribution >= 0.6 is 0 Å². The predicted molar refractivity (Wildman–Crippen MR) is 71.6 cm³/mol. The number of ketones is 1. The number of fused-ring (bicyclic) bond motifs is 1. The molecular formula is C13H10FN5O2. The van der Waals surface area contributed by atoms with Crippen molar-refractivity contribution in [3.63, 3.8) is 0 Å². The Labute approximate surface area is 117 Å². The van der Waals surface area contributed by atoms with E-state index in [2.05, 4.69) is 15.3 Å². The summed E-state index contributed by atoms with van der Waals surface area (Å²) >= 11 is 0. The van der Waals surface area contributed by atoms with Gasteiger partial charge >= 0.3 is 0 Å². The van der Waals surface area contributed by atoms with E-state index >= 15 is 0 Å². The second-order valence-corrected chi connectivity index (χ2v) is 4.53. The maximum Gasteiger partial charge on any atom is 0.283 e. The normalized spacial score (nSPS) is 11.0. The van der Waals surface area contributed by atoms with Crippen LogP contribution in [-0.4, -0.2) is 30.3 Å². The first-order chi connectivity index (χ1) is 10.1. The van der Waals surface area contributed by atoms with Crippen LogP contribution in [0.3, 0.4) is 0 Å². The van der Waals surface area contributed by atoms with Gasteiger partial charge in [0.25, 0.3) is 5.56 Å². The minimum Gasteiger partial charge on any atom is -0.298 e. The van der Waals surface area contributed by atoms with Gasteiger partial charge in [-0.1, -0.05) is 11.3 Å². The third-order valence-corrected chi connectivity index (χ3v) is 2.88. The zero-order valence-electron chi connectivity index (χ0n) is 11.0. The molecule has 21 heavy (non-hydrogen) atoms. The summed E-state index contributed by atoms with van der Waals surface area (Å²) in [5.74, 6) is -0.600. The summed E-state index contributed by atoms with van der Waals surface area (Å²) in [5.41, 5.74) is 0.194. The maximum atomic E-state index is 13.3. The van der Waals surface area contributed by atoms with Crippen molar-refractivity contribution in [3.8, 4) is 5.69 Å². The lowest BCUT2D eigenvalue weighted by atomic mass is 10.3. The van der Waals surface area contributed by atoms with Crippen molar-refractivity contribution < 1.29 is 9.18 Å². The van der Waals surface area contributed by atoms with E-state index in [1.54, 1.807) is 6.07 Å². The van der Waals surface area contributed by atoms with Crippen LogP contribution in [-0.2, 0) is 11.3 Å². The number of rotatable bonds is 3. The zero-order chi connectivity index (χ0) is 15.0. The second kappa shape index (κ2) is 4.89. The van der Waals surface area contributed by atoms with Crippen molar-refractivity contribution in [2.75, 3.05) is 0 Å². The van der Waals surface area contributed by atoms with Crippen LogP contribution in [0.15, 0.2) is 35.4 Å². The number of hydrogen-bond donors (Lipinski definition) is 0. The van der Waals surface area contributed by atoms with Crippen molar-refractivity contribution in [2.24, 2.45) is 0 Å². The number of aromatic nitrogens is 5.